The van der Waals surface area contributed by atoms with Gasteiger partial charge in [0.1, 0.15) is 0 Å². The molecule has 1 rings (SSSR count). The molecule has 0 saturated carbocycles. The summed E-state index contributed by atoms with van der Waals surface area (Å²) in [4.78, 5) is 4.18. The van der Waals surface area contributed by atoms with Crippen molar-refractivity contribution < 1.29 is 0 Å². The Kier molecular flexibility index (Phi) is 2.94. The monoisotopic (exact) mass is 135 g/mol. The number of rotatable bonds is 0. The Morgan fingerprint density at radius 3 is 2.90 bits per heavy atom. The average molecular weight is 135 g/mol. The van der Waals surface area contributed by atoms with Crippen LogP contribution in [0.25, 0.3) is 0 Å². The van der Waals surface area contributed by atoms with Gasteiger partial charge in [-0.1, -0.05) is 24.3 Å². The van der Waals surface area contributed by atoms with Crippen molar-refractivity contribution in [1.82, 2.24) is 0 Å². The van der Waals surface area contributed by atoms with Crippen LogP contribution in [0.15, 0.2) is 29.3 Å². The second-order valence-corrected chi connectivity index (χ2v) is 2.39. The van der Waals surface area contributed by atoms with Gasteiger partial charge in [0.05, 0.1) is 0 Å². The lowest BCUT2D eigenvalue weighted by atomic mass is 10.1. The van der Waals surface area contributed by atoms with Crippen molar-refractivity contribution in [2.75, 3.05) is 7.05 Å². The van der Waals surface area contributed by atoms with Crippen molar-refractivity contribution in [3.05, 3.63) is 24.3 Å². The molecule has 10 heavy (non-hydrogen) atoms. The third-order valence-electron chi connectivity index (χ3n) is 1.65. The molecule has 0 aromatic rings. The van der Waals surface area contributed by atoms with E-state index in [1.54, 1.807) is 0 Å². The van der Waals surface area contributed by atoms with Crippen LogP contribution in [-0.2, 0) is 0 Å². The molecule has 1 aliphatic rings. The highest BCUT2D eigenvalue weighted by atomic mass is 14.7. The van der Waals surface area contributed by atoms with Gasteiger partial charge in [-0.3, -0.25) is 4.99 Å². The van der Waals surface area contributed by atoms with Gasteiger partial charge in [-0.05, 0) is 12.8 Å². The standard InChI is InChI=1S/C9H13N/c1-10-9-7-5-3-2-4-6-8-9/h2-5H,6-8H2,1H3. The Labute approximate surface area is 62.2 Å². The first kappa shape index (κ1) is 7.26. The zero-order valence-corrected chi connectivity index (χ0v) is 6.38. The Bertz CT molecular complexity index is 175. The maximum atomic E-state index is 4.18. The molecule has 0 bridgehead atoms. The van der Waals surface area contributed by atoms with E-state index in [2.05, 4.69) is 29.3 Å². The number of hydrogen-bond donors (Lipinski definition) is 0. The van der Waals surface area contributed by atoms with E-state index in [1.165, 1.54) is 5.71 Å². The van der Waals surface area contributed by atoms with Crippen molar-refractivity contribution in [2.45, 2.75) is 19.3 Å². The van der Waals surface area contributed by atoms with E-state index in [9.17, 15) is 0 Å². The fourth-order valence-electron chi connectivity index (χ4n) is 1.01. The molecule has 1 heteroatoms. The van der Waals surface area contributed by atoms with Crippen molar-refractivity contribution >= 4 is 5.71 Å². The van der Waals surface area contributed by atoms with Crippen LogP contribution >= 0.6 is 0 Å². The van der Waals surface area contributed by atoms with E-state index in [0.29, 0.717) is 0 Å². The van der Waals surface area contributed by atoms with Gasteiger partial charge in [0.25, 0.3) is 0 Å². The van der Waals surface area contributed by atoms with Crippen LogP contribution in [-0.4, -0.2) is 12.8 Å². The van der Waals surface area contributed by atoms with Crippen LogP contribution in [0.3, 0.4) is 0 Å². The number of nitrogens with zero attached hydrogens (tertiary/aromatic N) is 1. The summed E-state index contributed by atoms with van der Waals surface area (Å²) in [5.41, 5.74) is 1.31. The van der Waals surface area contributed by atoms with Gasteiger partial charge in [0, 0.05) is 19.2 Å². The zero-order chi connectivity index (χ0) is 7.23. The maximum absolute atomic E-state index is 4.18. The van der Waals surface area contributed by atoms with Crippen molar-refractivity contribution in [3.8, 4) is 0 Å². The van der Waals surface area contributed by atoms with E-state index >= 15 is 0 Å². The largest absolute Gasteiger partial charge is 0.297 e. The Morgan fingerprint density at radius 2 is 2.10 bits per heavy atom. The van der Waals surface area contributed by atoms with Gasteiger partial charge in [-0.25, -0.2) is 0 Å². The van der Waals surface area contributed by atoms with Crippen molar-refractivity contribution in [3.63, 3.8) is 0 Å². The van der Waals surface area contributed by atoms with Crippen molar-refractivity contribution in [1.29, 1.82) is 0 Å². The third kappa shape index (κ3) is 2.18. The van der Waals surface area contributed by atoms with Gasteiger partial charge in [0.2, 0.25) is 0 Å². The summed E-state index contributed by atoms with van der Waals surface area (Å²) in [5.74, 6) is 0. The second-order valence-electron chi connectivity index (χ2n) is 2.39. The molecule has 0 atom stereocenters. The minimum Gasteiger partial charge on any atom is -0.297 e. The van der Waals surface area contributed by atoms with E-state index in [0.717, 1.165) is 19.3 Å². The molecule has 0 unspecified atom stereocenters. The molecule has 0 saturated heterocycles. The molecule has 1 nitrogen and oxygen atoms in total. The summed E-state index contributed by atoms with van der Waals surface area (Å²) in [7, 11) is 1.87. The molecule has 0 fully saturated rings. The minimum atomic E-state index is 1.03. The first-order valence-corrected chi connectivity index (χ1v) is 3.69. The van der Waals surface area contributed by atoms with Crippen LogP contribution in [0.4, 0.5) is 0 Å². The van der Waals surface area contributed by atoms with E-state index < -0.39 is 0 Å². The maximum Gasteiger partial charge on any atom is 0.0276 e. The smallest absolute Gasteiger partial charge is 0.0276 e. The number of aliphatic imine (C=N–C) groups is 1. The fourth-order valence-corrected chi connectivity index (χ4v) is 1.01. The molecule has 0 amide bonds. The average Bonchev–Trinajstić information content (AvgIpc) is 1.87. The normalized spacial score (nSPS) is 22.7. The topological polar surface area (TPSA) is 12.4 Å². The van der Waals surface area contributed by atoms with Crippen LogP contribution in [0.5, 0.6) is 0 Å². The van der Waals surface area contributed by atoms with Gasteiger partial charge in [-0.2, -0.15) is 0 Å². The first-order valence-electron chi connectivity index (χ1n) is 3.69. The van der Waals surface area contributed by atoms with Gasteiger partial charge in [-0.15, -0.1) is 0 Å². The molecule has 0 radical (unpaired) electrons. The van der Waals surface area contributed by atoms with Crippen molar-refractivity contribution in [2.24, 2.45) is 4.99 Å². The van der Waals surface area contributed by atoms with Gasteiger partial charge >= 0.3 is 0 Å². The lowest BCUT2D eigenvalue weighted by Gasteiger charge is -2.00. The SMILES string of the molecule is CN=C1CC=CC=CCC1. The van der Waals surface area contributed by atoms with Crippen LogP contribution in [0.1, 0.15) is 19.3 Å². The minimum absolute atomic E-state index is 1.03. The summed E-state index contributed by atoms with van der Waals surface area (Å²) in [5, 5.41) is 0. The number of hydrogen-bond acceptors (Lipinski definition) is 1. The Morgan fingerprint density at radius 1 is 1.30 bits per heavy atom. The van der Waals surface area contributed by atoms with Crippen LogP contribution in [0, 0.1) is 0 Å². The third-order valence-corrected chi connectivity index (χ3v) is 1.65. The predicted octanol–water partition coefficient (Wildman–Crippen LogP) is 2.35. The van der Waals surface area contributed by atoms with E-state index in [1.807, 2.05) is 7.05 Å². The second kappa shape index (κ2) is 4.04. The number of allylic oxidation sites excluding steroid dienone is 4. The lowest BCUT2D eigenvalue weighted by Crippen LogP contribution is -1.96. The molecule has 0 spiro atoms. The van der Waals surface area contributed by atoms with Gasteiger partial charge in [0.15, 0.2) is 0 Å². The van der Waals surface area contributed by atoms with E-state index in [-0.39, 0.29) is 0 Å². The molecule has 0 heterocycles. The fraction of sp³-hybridized carbons (Fsp3) is 0.444. The summed E-state index contributed by atoms with van der Waals surface area (Å²) in [6, 6.07) is 0. The highest BCUT2D eigenvalue weighted by Gasteiger charge is 1.94. The summed E-state index contributed by atoms with van der Waals surface area (Å²) < 4.78 is 0. The predicted molar refractivity (Wildman–Crippen MR) is 45.5 cm³/mol. The molecule has 54 valence electrons. The molecule has 0 aliphatic heterocycles. The lowest BCUT2D eigenvalue weighted by molar-refractivity contribution is 1.05. The molecule has 0 N–H and O–H groups in total. The quantitative estimate of drug-likeness (QED) is 0.483. The van der Waals surface area contributed by atoms with E-state index in [4.69, 9.17) is 0 Å². The first-order chi connectivity index (χ1) is 4.93. The molecular formula is C9H13N. The summed E-state index contributed by atoms with van der Waals surface area (Å²) in [6.07, 6.45) is 11.8. The van der Waals surface area contributed by atoms with Crippen LogP contribution < -0.4 is 0 Å². The Balaban J connectivity index is 2.54. The molecular weight excluding hydrogens is 122 g/mol. The highest BCUT2D eigenvalue weighted by Crippen LogP contribution is 2.03. The highest BCUT2D eigenvalue weighted by molar-refractivity contribution is 5.85. The van der Waals surface area contributed by atoms with Crippen LogP contribution in [0.2, 0.25) is 0 Å². The van der Waals surface area contributed by atoms with Gasteiger partial charge < -0.3 is 0 Å². The molecule has 0 aromatic heterocycles. The summed E-state index contributed by atoms with van der Waals surface area (Å²) in [6.45, 7) is 0. The molecule has 1 aliphatic carbocycles. The zero-order valence-electron chi connectivity index (χ0n) is 6.38. The summed E-state index contributed by atoms with van der Waals surface area (Å²) >= 11 is 0. The molecule has 0 aromatic carbocycles. The Hall–Kier alpha value is -0.850.